The van der Waals surface area contributed by atoms with Crippen molar-refractivity contribution >= 4 is 5.91 Å². The average Bonchev–Trinajstić information content (AvgIpc) is 2.29. The van der Waals surface area contributed by atoms with Gasteiger partial charge in [0.05, 0.1) is 12.6 Å². The Labute approximate surface area is 101 Å². The second-order valence-corrected chi connectivity index (χ2v) is 4.41. The summed E-state index contributed by atoms with van der Waals surface area (Å²) >= 11 is 0. The molecule has 17 heavy (non-hydrogen) atoms. The Bertz CT molecular complexity index is 262. The van der Waals surface area contributed by atoms with E-state index in [1.165, 1.54) is 0 Å². The number of nitrogens with zero attached hydrogens (tertiary/aromatic N) is 1. The molecular formula is C10H21N3O4. The number of hydrogen-bond acceptors (Lipinski definition) is 6. The SMILES string of the molecule is CN(C)C1CC(CNC(=O)CN)O[C@@H](O)C1O. The summed E-state index contributed by atoms with van der Waals surface area (Å²) in [6, 6.07) is -0.196. The Morgan fingerprint density at radius 1 is 1.53 bits per heavy atom. The van der Waals surface area contributed by atoms with Gasteiger partial charge in [-0.15, -0.1) is 0 Å². The van der Waals surface area contributed by atoms with E-state index in [9.17, 15) is 15.0 Å². The number of carbonyl (C=O) groups excluding carboxylic acids is 1. The van der Waals surface area contributed by atoms with Crippen molar-refractivity contribution in [2.24, 2.45) is 5.73 Å². The molecule has 1 heterocycles. The summed E-state index contributed by atoms with van der Waals surface area (Å²) in [5.74, 6) is -0.268. The van der Waals surface area contributed by atoms with E-state index in [2.05, 4.69) is 5.32 Å². The maximum Gasteiger partial charge on any atom is 0.233 e. The third-order valence-corrected chi connectivity index (χ3v) is 2.90. The lowest BCUT2D eigenvalue weighted by molar-refractivity contribution is -0.232. The highest BCUT2D eigenvalue weighted by atomic mass is 16.6. The Hall–Kier alpha value is -0.730. The molecule has 0 aliphatic carbocycles. The standard InChI is InChI=1S/C10H21N3O4/c1-13(2)7-3-6(5-12-8(14)4-11)17-10(16)9(7)15/h6-7,9-10,15-16H,3-5,11H2,1-2H3,(H,12,14)/t6?,7?,9?,10-/m1/s1. The van der Waals surface area contributed by atoms with Crippen molar-refractivity contribution in [1.82, 2.24) is 10.2 Å². The molecule has 0 aromatic carbocycles. The zero-order valence-electron chi connectivity index (χ0n) is 10.2. The van der Waals surface area contributed by atoms with Crippen LogP contribution in [0.3, 0.4) is 0 Å². The number of aliphatic hydroxyl groups excluding tert-OH is 2. The predicted octanol–water partition coefficient (Wildman–Crippen LogP) is -2.54. The van der Waals surface area contributed by atoms with E-state index in [0.717, 1.165) is 0 Å². The van der Waals surface area contributed by atoms with Crippen molar-refractivity contribution in [3.63, 3.8) is 0 Å². The van der Waals surface area contributed by atoms with Crippen LogP contribution in [-0.4, -0.2) is 72.7 Å². The fraction of sp³-hybridized carbons (Fsp3) is 0.900. The molecule has 0 spiro atoms. The van der Waals surface area contributed by atoms with E-state index in [4.69, 9.17) is 10.5 Å². The Balaban J connectivity index is 2.49. The number of likely N-dealkylation sites (N-methyl/N-ethyl adjacent to an activating group) is 1. The maximum atomic E-state index is 11.0. The number of nitrogens with two attached hydrogens (primary N) is 1. The van der Waals surface area contributed by atoms with E-state index in [0.29, 0.717) is 6.42 Å². The van der Waals surface area contributed by atoms with Gasteiger partial charge in [-0.1, -0.05) is 0 Å². The van der Waals surface area contributed by atoms with Gasteiger partial charge in [-0.2, -0.15) is 0 Å². The molecule has 1 aliphatic heterocycles. The van der Waals surface area contributed by atoms with Gasteiger partial charge in [0.2, 0.25) is 5.91 Å². The summed E-state index contributed by atoms with van der Waals surface area (Å²) < 4.78 is 5.20. The molecule has 100 valence electrons. The van der Waals surface area contributed by atoms with Crippen LogP contribution in [-0.2, 0) is 9.53 Å². The highest BCUT2D eigenvalue weighted by Gasteiger charge is 2.37. The lowest BCUT2D eigenvalue weighted by atomic mass is 9.98. The molecule has 0 aromatic rings. The van der Waals surface area contributed by atoms with Gasteiger partial charge in [-0.25, -0.2) is 0 Å². The van der Waals surface area contributed by atoms with Crippen LogP contribution in [0.1, 0.15) is 6.42 Å². The van der Waals surface area contributed by atoms with Crippen LogP contribution in [0.4, 0.5) is 0 Å². The summed E-state index contributed by atoms with van der Waals surface area (Å²) in [7, 11) is 3.64. The number of amides is 1. The molecule has 0 radical (unpaired) electrons. The van der Waals surface area contributed by atoms with Gasteiger partial charge in [-0.05, 0) is 20.5 Å². The van der Waals surface area contributed by atoms with Crippen molar-refractivity contribution in [1.29, 1.82) is 0 Å². The van der Waals surface area contributed by atoms with Crippen LogP contribution in [0.15, 0.2) is 0 Å². The van der Waals surface area contributed by atoms with Crippen molar-refractivity contribution in [3.05, 3.63) is 0 Å². The number of ether oxygens (including phenoxy) is 1. The average molecular weight is 247 g/mol. The highest BCUT2D eigenvalue weighted by molar-refractivity contribution is 5.77. The summed E-state index contributed by atoms with van der Waals surface area (Å²) in [4.78, 5) is 12.8. The number of carbonyl (C=O) groups is 1. The molecule has 1 amide bonds. The zero-order chi connectivity index (χ0) is 13.0. The molecule has 1 rings (SSSR count). The van der Waals surface area contributed by atoms with Gasteiger partial charge in [0.1, 0.15) is 6.10 Å². The van der Waals surface area contributed by atoms with Crippen LogP contribution in [0, 0.1) is 0 Å². The van der Waals surface area contributed by atoms with Crippen LogP contribution in [0.25, 0.3) is 0 Å². The molecule has 1 fully saturated rings. The molecule has 4 atom stereocenters. The van der Waals surface area contributed by atoms with Gasteiger partial charge in [0, 0.05) is 12.6 Å². The zero-order valence-corrected chi connectivity index (χ0v) is 10.2. The molecule has 5 N–H and O–H groups in total. The molecular weight excluding hydrogens is 226 g/mol. The summed E-state index contributed by atoms with van der Waals surface area (Å²) in [6.07, 6.45) is -1.95. The van der Waals surface area contributed by atoms with E-state index in [1.807, 2.05) is 19.0 Å². The molecule has 0 aromatic heterocycles. The molecule has 1 saturated heterocycles. The van der Waals surface area contributed by atoms with Crippen LogP contribution < -0.4 is 11.1 Å². The van der Waals surface area contributed by atoms with Crippen molar-refractivity contribution in [2.75, 3.05) is 27.2 Å². The summed E-state index contributed by atoms with van der Waals surface area (Å²) in [5, 5.41) is 21.9. The van der Waals surface area contributed by atoms with Gasteiger partial charge >= 0.3 is 0 Å². The Morgan fingerprint density at radius 3 is 2.71 bits per heavy atom. The largest absolute Gasteiger partial charge is 0.386 e. The van der Waals surface area contributed by atoms with Gasteiger partial charge in [-0.3, -0.25) is 4.79 Å². The van der Waals surface area contributed by atoms with Crippen molar-refractivity contribution in [3.8, 4) is 0 Å². The van der Waals surface area contributed by atoms with Crippen molar-refractivity contribution in [2.45, 2.75) is 31.0 Å². The van der Waals surface area contributed by atoms with Gasteiger partial charge in [0.25, 0.3) is 0 Å². The highest BCUT2D eigenvalue weighted by Crippen LogP contribution is 2.21. The third kappa shape index (κ3) is 3.90. The smallest absolute Gasteiger partial charge is 0.233 e. The van der Waals surface area contributed by atoms with E-state index >= 15 is 0 Å². The minimum absolute atomic E-state index is 0.0744. The fourth-order valence-corrected chi connectivity index (χ4v) is 1.88. The van der Waals surface area contributed by atoms with Gasteiger partial charge in [0.15, 0.2) is 6.29 Å². The normalized spacial score (nSPS) is 33.8. The van der Waals surface area contributed by atoms with Crippen molar-refractivity contribution < 1.29 is 19.7 Å². The van der Waals surface area contributed by atoms with E-state index in [1.54, 1.807) is 0 Å². The molecule has 0 saturated carbocycles. The molecule has 1 aliphatic rings. The Kier molecular flexibility index (Phi) is 5.29. The first-order valence-corrected chi connectivity index (χ1v) is 5.60. The molecule has 7 heteroatoms. The number of rotatable bonds is 4. The van der Waals surface area contributed by atoms with Crippen LogP contribution in [0.5, 0.6) is 0 Å². The maximum absolute atomic E-state index is 11.0. The summed E-state index contributed by atoms with van der Waals surface area (Å²) in [5.41, 5.74) is 5.16. The second kappa shape index (κ2) is 6.27. The lowest BCUT2D eigenvalue weighted by Gasteiger charge is -2.40. The lowest BCUT2D eigenvalue weighted by Crippen LogP contribution is -2.55. The second-order valence-electron chi connectivity index (χ2n) is 4.41. The third-order valence-electron chi connectivity index (χ3n) is 2.90. The number of hydrogen-bond donors (Lipinski definition) is 4. The molecule has 7 nitrogen and oxygen atoms in total. The topological polar surface area (TPSA) is 108 Å². The summed E-state index contributed by atoms with van der Waals surface area (Å²) in [6.45, 7) is 0.208. The predicted molar refractivity (Wildman–Crippen MR) is 61.0 cm³/mol. The minimum Gasteiger partial charge on any atom is -0.386 e. The number of aliphatic hydroxyl groups is 2. The first kappa shape index (κ1) is 14.3. The molecule has 3 unspecified atom stereocenters. The Morgan fingerprint density at radius 2 is 2.18 bits per heavy atom. The first-order chi connectivity index (χ1) is 7.95. The molecule has 0 bridgehead atoms. The minimum atomic E-state index is -1.23. The quantitative estimate of drug-likeness (QED) is 0.436. The first-order valence-electron chi connectivity index (χ1n) is 5.60. The van der Waals surface area contributed by atoms with Gasteiger partial charge < -0.3 is 30.9 Å². The van der Waals surface area contributed by atoms with E-state index < -0.39 is 12.4 Å². The van der Waals surface area contributed by atoms with Crippen LogP contribution >= 0.6 is 0 Å². The van der Waals surface area contributed by atoms with E-state index in [-0.39, 0.29) is 31.1 Å². The fourth-order valence-electron chi connectivity index (χ4n) is 1.88. The van der Waals surface area contributed by atoms with Crippen LogP contribution in [0.2, 0.25) is 0 Å². The monoisotopic (exact) mass is 247 g/mol. The number of nitrogens with one attached hydrogen (secondary N) is 1.